The number of aromatic nitrogens is 3. The summed E-state index contributed by atoms with van der Waals surface area (Å²) in [5.41, 5.74) is 1.96. The van der Waals surface area contributed by atoms with Crippen molar-refractivity contribution in [1.29, 1.82) is 0 Å². The van der Waals surface area contributed by atoms with E-state index in [4.69, 9.17) is 16.7 Å². The quantitative estimate of drug-likeness (QED) is 0.888. The van der Waals surface area contributed by atoms with Crippen LogP contribution in [0.4, 0.5) is 0 Å². The normalized spacial score (nSPS) is 11.2. The number of aliphatic hydroxyl groups excluding tert-OH is 1. The second kappa shape index (κ2) is 4.66. The fourth-order valence-electron chi connectivity index (χ4n) is 2.01. The molecule has 0 aliphatic carbocycles. The standard InChI is InChI=1S/C12H14ClN3O2/c1-6-9(4-5-17)12(18)16-8(3)14-7(2)10(13)11(16)15-6/h17H,4-5H2,1-3H3. The van der Waals surface area contributed by atoms with E-state index in [0.29, 0.717) is 33.4 Å². The lowest BCUT2D eigenvalue weighted by molar-refractivity contribution is 0.298. The summed E-state index contributed by atoms with van der Waals surface area (Å²) in [5.74, 6) is 0.545. The van der Waals surface area contributed by atoms with Gasteiger partial charge in [-0.2, -0.15) is 0 Å². The first-order valence-electron chi connectivity index (χ1n) is 5.63. The Balaban J connectivity index is 2.95. The number of halogens is 1. The smallest absolute Gasteiger partial charge is 0.262 e. The van der Waals surface area contributed by atoms with Crippen LogP contribution in [0.2, 0.25) is 5.02 Å². The largest absolute Gasteiger partial charge is 0.396 e. The lowest BCUT2D eigenvalue weighted by atomic mass is 10.2. The Kier molecular flexibility index (Phi) is 3.36. The molecule has 0 saturated heterocycles. The van der Waals surface area contributed by atoms with Crippen molar-refractivity contribution in [1.82, 2.24) is 14.4 Å². The number of hydrogen-bond donors (Lipinski definition) is 1. The third-order valence-corrected chi connectivity index (χ3v) is 3.35. The Hall–Kier alpha value is -1.46. The summed E-state index contributed by atoms with van der Waals surface area (Å²) < 4.78 is 1.40. The van der Waals surface area contributed by atoms with Crippen LogP contribution in [0.15, 0.2) is 4.79 Å². The monoisotopic (exact) mass is 267 g/mol. The summed E-state index contributed by atoms with van der Waals surface area (Å²) in [6, 6.07) is 0. The molecule has 0 fully saturated rings. The minimum atomic E-state index is -0.210. The van der Waals surface area contributed by atoms with Gasteiger partial charge >= 0.3 is 0 Å². The highest BCUT2D eigenvalue weighted by Crippen LogP contribution is 2.19. The zero-order chi connectivity index (χ0) is 13.4. The number of aryl methyl sites for hydroxylation is 3. The summed E-state index contributed by atoms with van der Waals surface area (Å²) in [7, 11) is 0. The van der Waals surface area contributed by atoms with Gasteiger partial charge in [0.2, 0.25) is 0 Å². The predicted octanol–water partition coefficient (Wildman–Crippen LogP) is 1.20. The molecule has 0 aliphatic rings. The Labute approximate surface area is 109 Å². The van der Waals surface area contributed by atoms with Crippen LogP contribution in [-0.2, 0) is 6.42 Å². The minimum Gasteiger partial charge on any atom is -0.396 e. The van der Waals surface area contributed by atoms with E-state index < -0.39 is 0 Å². The molecule has 1 N–H and O–H groups in total. The predicted molar refractivity (Wildman–Crippen MR) is 69.3 cm³/mol. The average Bonchev–Trinajstić information content (AvgIpc) is 2.30. The number of rotatable bonds is 2. The molecule has 2 aromatic heterocycles. The number of aliphatic hydroxyl groups is 1. The summed E-state index contributed by atoms with van der Waals surface area (Å²) >= 11 is 6.14. The van der Waals surface area contributed by atoms with Crippen LogP contribution in [0.1, 0.15) is 22.8 Å². The van der Waals surface area contributed by atoms with Crippen LogP contribution in [0, 0.1) is 20.8 Å². The fraction of sp³-hybridized carbons (Fsp3) is 0.417. The van der Waals surface area contributed by atoms with Crippen molar-refractivity contribution in [3.63, 3.8) is 0 Å². The SMILES string of the molecule is Cc1nc2c(Cl)c(C)nc(C)n2c(=O)c1CCO. The van der Waals surface area contributed by atoms with Gasteiger partial charge in [0.1, 0.15) is 10.8 Å². The number of fused-ring (bicyclic) bond motifs is 1. The third kappa shape index (κ3) is 1.89. The van der Waals surface area contributed by atoms with Gasteiger partial charge < -0.3 is 5.11 Å². The molecule has 0 spiro atoms. The Morgan fingerprint density at radius 3 is 2.50 bits per heavy atom. The highest BCUT2D eigenvalue weighted by atomic mass is 35.5. The van der Waals surface area contributed by atoms with E-state index in [0.717, 1.165) is 0 Å². The molecule has 96 valence electrons. The number of hydrogen-bond acceptors (Lipinski definition) is 4. The van der Waals surface area contributed by atoms with Gasteiger partial charge in [-0.3, -0.25) is 4.79 Å². The molecule has 2 heterocycles. The van der Waals surface area contributed by atoms with Gasteiger partial charge in [0.25, 0.3) is 5.56 Å². The van der Waals surface area contributed by atoms with Gasteiger partial charge in [0.05, 0.1) is 5.69 Å². The average molecular weight is 268 g/mol. The van der Waals surface area contributed by atoms with Gasteiger partial charge in [0, 0.05) is 24.3 Å². The van der Waals surface area contributed by atoms with Crippen molar-refractivity contribution in [3.8, 4) is 0 Å². The van der Waals surface area contributed by atoms with Crippen LogP contribution in [0.25, 0.3) is 5.65 Å². The summed E-state index contributed by atoms with van der Waals surface area (Å²) in [6.45, 7) is 5.17. The van der Waals surface area contributed by atoms with E-state index in [2.05, 4.69) is 9.97 Å². The van der Waals surface area contributed by atoms with Gasteiger partial charge in [-0.25, -0.2) is 14.4 Å². The molecule has 0 aromatic carbocycles. The van der Waals surface area contributed by atoms with Gasteiger partial charge in [0.15, 0.2) is 5.65 Å². The van der Waals surface area contributed by atoms with E-state index in [1.54, 1.807) is 20.8 Å². The van der Waals surface area contributed by atoms with Crippen LogP contribution in [0.5, 0.6) is 0 Å². The topological polar surface area (TPSA) is 67.5 Å². The maximum atomic E-state index is 12.3. The zero-order valence-corrected chi connectivity index (χ0v) is 11.2. The van der Waals surface area contributed by atoms with Crippen LogP contribution < -0.4 is 5.56 Å². The van der Waals surface area contributed by atoms with Crippen molar-refractivity contribution in [2.24, 2.45) is 0 Å². The highest BCUT2D eigenvalue weighted by Gasteiger charge is 2.15. The molecule has 0 bridgehead atoms. The molecule has 0 saturated carbocycles. The molecule has 0 atom stereocenters. The van der Waals surface area contributed by atoms with Crippen molar-refractivity contribution in [3.05, 3.63) is 38.2 Å². The highest BCUT2D eigenvalue weighted by molar-refractivity contribution is 6.34. The van der Waals surface area contributed by atoms with E-state index in [1.165, 1.54) is 4.40 Å². The first-order valence-corrected chi connectivity index (χ1v) is 6.01. The van der Waals surface area contributed by atoms with Crippen molar-refractivity contribution in [2.45, 2.75) is 27.2 Å². The zero-order valence-electron chi connectivity index (χ0n) is 10.5. The maximum absolute atomic E-state index is 12.3. The fourth-order valence-corrected chi connectivity index (χ4v) is 2.18. The molecule has 5 nitrogen and oxygen atoms in total. The maximum Gasteiger partial charge on any atom is 0.262 e. The van der Waals surface area contributed by atoms with Gasteiger partial charge in [-0.05, 0) is 20.8 Å². The van der Waals surface area contributed by atoms with E-state index in [1.807, 2.05) is 0 Å². The van der Waals surface area contributed by atoms with Crippen molar-refractivity contribution < 1.29 is 5.11 Å². The Morgan fingerprint density at radius 2 is 1.89 bits per heavy atom. The van der Waals surface area contributed by atoms with E-state index in [9.17, 15) is 4.79 Å². The second-order valence-corrected chi connectivity index (χ2v) is 4.55. The molecule has 18 heavy (non-hydrogen) atoms. The van der Waals surface area contributed by atoms with E-state index >= 15 is 0 Å². The second-order valence-electron chi connectivity index (χ2n) is 4.17. The summed E-state index contributed by atoms with van der Waals surface area (Å²) in [4.78, 5) is 20.9. The summed E-state index contributed by atoms with van der Waals surface area (Å²) in [5, 5.41) is 9.38. The molecule has 0 radical (unpaired) electrons. The molecule has 0 amide bonds. The molecular formula is C12H14ClN3O2. The minimum absolute atomic E-state index is 0.0874. The Morgan fingerprint density at radius 1 is 1.22 bits per heavy atom. The van der Waals surface area contributed by atoms with E-state index in [-0.39, 0.29) is 18.6 Å². The van der Waals surface area contributed by atoms with Crippen LogP contribution in [-0.4, -0.2) is 26.1 Å². The van der Waals surface area contributed by atoms with Crippen LogP contribution in [0.3, 0.4) is 0 Å². The van der Waals surface area contributed by atoms with Gasteiger partial charge in [-0.15, -0.1) is 0 Å². The molecule has 2 aromatic rings. The lowest BCUT2D eigenvalue weighted by Crippen LogP contribution is -2.25. The van der Waals surface area contributed by atoms with Crippen molar-refractivity contribution in [2.75, 3.05) is 6.61 Å². The third-order valence-electron chi connectivity index (χ3n) is 2.91. The first-order chi connectivity index (χ1) is 8.47. The van der Waals surface area contributed by atoms with Gasteiger partial charge in [-0.1, -0.05) is 11.6 Å². The first kappa shape index (κ1) is 13.0. The lowest BCUT2D eigenvalue weighted by Gasteiger charge is -2.11. The van der Waals surface area contributed by atoms with Crippen molar-refractivity contribution >= 4 is 17.2 Å². The van der Waals surface area contributed by atoms with Crippen LogP contribution >= 0.6 is 11.6 Å². The molecule has 6 heteroatoms. The molecule has 0 aliphatic heterocycles. The molecular weight excluding hydrogens is 254 g/mol. The molecule has 0 unspecified atom stereocenters. The molecule has 2 rings (SSSR count). The Bertz CT molecular complexity index is 679. The summed E-state index contributed by atoms with van der Waals surface area (Å²) in [6.07, 6.45) is 0.283. The number of nitrogens with zero attached hydrogens (tertiary/aromatic N) is 3.